The fourth-order valence-electron chi connectivity index (χ4n) is 1.95. The molecule has 6 heteroatoms. The second kappa shape index (κ2) is 7.45. The molecule has 1 unspecified atom stereocenters. The Morgan fingerprint density at radius 2 is 1.76 bits per heavy atom. The van der Waals surface area contributed by atoms with Crippen molar-refractivity contribution in [2.24, 2.45) is 5.92 Å². The highest BCUT2D eigenvalue weighted by Gasteiger charge is 2.31. The van der Waals surface area contributed by atoms with Gasteiger partial charge < -0.3 is 9.47 Å². The zero-order chi connectivity index (χ0) is 16.0. The van der Waals surface area contributed by atoms with Crippen molar-refractivity contribution >= 4 is 5.78 Å². The van der Waals surface area contributed by atoms with E-state index in [0.29, 0.717) is 12.2 Å². The predicted octanol–water partition coefficient (Wildman–Crippen LogP) is 3.76. The van der Waals surface area contributed by atoms with E-state index in [1.807, 2.05) is 20.8 Å². The van der Waals surface area contributed by atoms with Gasteiger partial charge in [0.1, 0.15) is 11.9 Å². The van der Waals surface area contributed by atoms with Gasteiger partial charge in [0.2, 0.25) is 0 Å². The number of ketones is 1. The molecular weight excluding hydrogens is 285 g/mol. The highest BCUT2D eigenvalue weighted by Crippen LogP contribution is 2.23. The molecule has 3 nitrogen and oxygen atoms in total. The summed E-state index contributed by atoms with van der Waals surface area (Å²) in [5, 5.41) is 0. The summed E-state index contributed by atoms with van der Waals surface area (Å²) in [4.78, 5) is 12.1. The van der Waals surface area contributed by atoms with Crippen molar-refractivity contribution < 1.29 is 27.4 Å². The molecule has 1 atom stereocenters. The second-order valence-corrected chi connectivity index (χ2v) is 4.95. The number of hydrogen-bond donors (Lipinski definition) is 0. The third kappa shape index (κ3) is 6.16. The van der Waals surface area contributed by atoms with Crippen LogP contribution in [0, 0.1) is 5.92 Å². The van der Waals surface area contributed by atoms with Gasteiger partial charge in [0.05, 0.1) is 0 Å². The van der Waals surface area contributed by atoms with Gasteiger partial charge in [-0.15, -0.1) is 13.2 Å². The van der Waals surface area contributed by atoms with E-state index < -0.39 is 12.5 Å². The summed E-state index contributed by atoms with van der Waals surface area (Å²) in [6.07, 6.45) is -5.09. The van der Waals surface area contributed by atoms with Crippen molar-refractivity contribution in [1.29, 1.82) is 0 Å². The molecular formula is C15H19F3O3. The van der Waals surface area contributed by atoms with Crippen molar-refractivity contribution in [1.82, 2.24) is 0 Å². The fraction of sp³-hybridized carbons (Fsp3) is 0.533. The third-order valence-electron chi connectivity index (χ3n) is 2.80. The van der Waals surface area contributed by atoms with Crippen LogP contribution in [0.3, 0.4) is 0 Å². The Bertz CT molecular complexity index is 452. The number of carbonyl (C=O) groups excluding carboxylic acids is 1. The quantitative estimate of drug-likeness (QED) is 0.769. The average Bonchev–Trinajstić information content (AvgIpc) is 2.36. The monoisotopic (exact) mass is 304 g/mol. The van der Waals surface area contributed by atoms with Gasteiger partial charge in [-0.05, 0) is 30.5 Å². The molecule has 0 saturated carbocycles. The minimum atomic E-state index is -4.71. The lowest BCUT2D eigenvalue weighted by Crippen LogP contribution is -2.31. The van der Waals surface area contributed by atoms with Crippen LogP contribution in [0.15, 0.2) is 24.3 Å². The lowest BCUT2D eigenvalue weighted by molar-refractivity contribution is -0.274. The van der Waals surface area contributed by atoms with E-state index in [2.05, 4.69) is 4.74 Å². The summed E-state index contributed by atoms with van der Waals surface area (Å²) in [6.45, 7) is 6.02. The molecule has 0 aliphatic rings. The molecule has 0 aliphatic carbocycles. The van der Waals surface area contributed by atoms with Crippen LogP contribution in [0.25, 0.3) is 0 Å². The van der Waals surface area contributed by atoms with Crippen molar-refractivity contribution in [3.05, 3.63) is 29.8 Å². The van der Waals surface area contributed by atoms with Crippen LogP contribution in [0.4, 0.5) is 13.2 Å². The molecule has 0 amide bonds. The van der Waals surface area contributed by atoms with Crippen LogP contribution in [0.2, 0.25) is 0 Å². The summed E-state index contributed by atoms with van der Waals surface area (Å²) in [5.41, 5.74) is 0.625. The lowest BCUT2D eigenvalue weighted by atomic mass is 9.98. The highest BCUT2D eigenvalue weighted by molar-refractivity contribution is 5.85. The molecule has 0 bridgehead atoms. The van der Waals surface area contributed by atoms with Crippen molar-refractivity contribution in [3.63, 3.8) is 0 Å². The van der Waals surface area contributed by atoms with E-state index in [-0.39, 0.29) is 23.9 Å². The molecule has 0 heterocycles. The highest BCUT2D eigenvalue weighted by atomic mass is 19.4. The van der Waals surface area contributed by atoms with Gasteiger partial charge in [-0.25, -0.2) is 0 Å². The predicted molar refractivity (Wildman–Crippen MR) is 72.1 cm³/mol. The van der Waals surface area contributed by atoms with E-state index in [1.54, 1.807) is 0 Å². The van der Waals surface area contributed by atoms with E-state index in [1.165, 1.54) is 24.3 Å². The first-order chi connectivity index (χ1) is 9.73. The molecule has 0 aromatic heterocycles. The van der Waals surface area contributed by atoms with Gasteiger partial charge in [0, 0.05) is 13.0 Å². The maximum atomic E-state index is 12.1. The van der Waals surface area contributed by atoms with E-state index in [9.17, 15) is 18.0 Å². The number of alkyl halides is 3. The molecule has 0 saturated heterocycles. The van der Waals surface area contributed by atoms with E-state index >= 15 is 0 Å². The van der Waals surface area contributed by atoms with Gasteiger partial charge in [0.15, 0.2) is 5.78 Å². The molecule has 0 aliphatic heterocycles. The molecule has 1 aromatic rings. The SMILES string of the molecule is CCOC(C(=O)Cc1ccc(OC(F)(F)F)cc1)C(C)C. The van der Waals surface area contributed by atoms with Crippen molar-refractivity contribution in [2.45, 2.75) is 39.7 Å². The number of Topliss-reactive ketones (excluding diaryl/α,β-unsaturated/α-hetero) is 1. The minimum absolute atomic E-state index is 0.0466. The van der Waals surface area contributed by atoms with Crippen LogP contribution >= 0.6 is 0 Å². The Morgan fingerprint density at radius 1 is 1.19 bits per heavy atom. The maximum Gasteiger partial charge on any atom is 0.573 e. The van der Waals surface area contributed by atoms with Gasteiger partial charge in [0.25, 0.3) is 0 Å². The van der Waals surface area contributed by atoms with Crippen LogP contribution in [-0.2, 0) is 16.0 Å². The van der Waals surface area contributed by atoms with E-state index in [0.717, 1.165) is 0 Å². The zero-order valence-electron chi connectivity index (χ0n) is 12.2. The van der Waals surface area contributed by atoms with Gasteiger partial charge in [-0.2, -0.15) is 0 Å². The summed E-state index contributed by atoms with van der Waals surface area (Å²) in [6, 6.07) is 5.28. The molecule has 21 heavy (non-hydrogen) atoms. The first kappa shape index (κ1) is 17.5. The fourth-order valence-corrected chi connectivity index (χ4v) is 1.95. The van der Waals surface area contributed by atoms with Crippen LogP contribution in [-0.4, -0.2) is 24.9 Å². The summed E-state index contributed by atoms with van der Waals surface area (Å²) < 4.78 is 45.3. The first-order valence-corrected chi connectivity index (χ1v) is 6.72. The summed E-state index contributed by atoms with van der Waals surface area (Å²) >= 11 is 0. The number of benzene rings is 1. The number of halogens is 3. The normalized spacial score (nSPS) is 13.3. The minimum Gasteiger partial charge on any atom is -0.406 e. The zero-order valence-corrected chi connectivity index (χ0v) is 12.2. The second-order valence-electron chi connectivity index (χ2n) is 4.95. The van der Waals surface area contributed by atoms with Crippen molar-refractivity contribution in [2.75, 3.05) is 6.61 Å². The largest absolute Gasteiger partial charge is 0.573 e. The Balaban J connectivity index is 2.68. The number of rotatable bonds is 7. The number of hydrogen-bond acceptors (Lipinski definition) is 3. The number of ether oxygens (including phenoxy) is 2. The molecule has 0 spiro atoms. The van der Waals surface area contributed by atoms with Crippen molar-refractivity contribution in [3.8, 4) is 5.75 Å². The maximum absolute atomic E-state index is 12.1. The number of carbonyl (C=O) groups is 1. The Kier molecular flexibility index (Phi) is 6.20. The molecule has 0 N–H and O–H groups in total. The van der Waals surface area contributed by atoms with Gasteiger partial charge in [-0.1, -0.05) is 26.0 Å². The standard InChI is InChI=1S/C15H19F3O3/c1-4-20-14(10(2)3)13(19)9-11-5-7-12(8-6-11)21-15(16,17)18/h5-8,10,14H,4,9H2,1-3H3. The molecule has 118 valence electrons. The summed E-state index contributed by atoms with van der Waals surface area (Å²) in [7, 11) is 0. The Labute approximate surface area is 122 Å². The lowest BCUT2D eigenvalue weighted by Gasteiger charge is -2.19. The smallest absolute Gasteiger partial charge is 0.406 e. The van der Waals surface area contributed by atoms with Crippen LogP contribution < -0.4 is 4.74 Å². The molecule has 0 radical (unpaired) electrons. The average molecular weight is 304 g/mol. The topological polar surface area (TPSA) is 35.5 Å². The third-order valence-corrected chi connectivity index (χ3v) is 2.80. The molecule has 1 rings (SSSR count). The van der Waals surface area contributed by atoms with E-state index in [4.69, 9.17) is 4.74 Å². The molecule has 1 aromatic carbocycles. The molecule has 0 fully saturated rings. The van der Waals surface area contributed by atoms with Gasteiger partial charge >= 0.3 is 6.36 Å². The first-order valence-electron chi connectivity index (χ1n) is 6.72. The van der Waals surface area contributed by atoms with Gasteiger partial charge in [-0.3, -0.25) is 4.79 Å². The van der Waals surface area contributed by atoms with Crippen LogP contribution in [0.1, 0.15) is 26.3 Å². The Morgan fingerprint density at radius 3 is 2.19 bits per heavy atom. The van der Waals surface area contributed by atoms with Crippen LogP contribution in [0.5, 0.6) is 5.75 Å². The summed E-state index contributed by atoms with van der Waals surface area (Å²) in [5.74, 6) is -0.342. The Hall–Kier alpha value is -1.56.